The molecule has 0 unspecified atom stereocenters. The number of nitrogens with one attached hydrogen (secondary N) is 3. The third-order valence-electron chi connectivity index (χ3n) is 3.10. The second kappa shape index (κ2) is 6.73. The second-order valence-corrected chi connectivity index (χ2v) is 4.73. The maximum atomic E-state index is 12.0. The fourth-order valence-corrected chi connectivity index (χ4v) is 1.94. The minimum atomic E-state index is -0.601. The topological polar surface area (TPSA) is 119 Å². The summed E-state index contributed by atoms with van der Waals surface area (Å²) in [5.74, 6) is -0.567. The number of carbonyl (C=O) groups excluding carboxylic acids is 3. The molecule has 0 atom stereocenters. The summed E-state index contributed by atoms with van der Waals surface area (Å²) in [5.41, 5.74) is 4.65. The molecule has 3 amide bonds. The van der Waals surface area contributed by atoms with Crippen molar-refractivity contribution in [3.8, 4) is 11.5 Å². The number of hydrogen-bond donors (Lipinski definition) is 3. The van der Waals surface area contributed by atoms with E-state index < -0.39 is 17.7 Å². The minimum absolute atomic E-state index is 0.0553. The van der Waals surface area contributed by atoms with Crippen molar-refractivity contribution < 1.29 is 28.3 Å². The van der Waals surface area contributed by atoms with Gasteiger partial charge >= 0.3 is 5.91 Å². The van der Waals surface area contributed by atoms with E-state index in [-0.39, 0.29) is 19.1 Å². The van der Waals surface area contributed by atoms with Crippen molar-refractivity contribution >= 4 is 17.7 Å². The van der Waals surface area contributed by atoms with Gasteiger partial charge in [0.2, 0.25) is 6.79 Å². The van der Waals surface area contributed by atoms with Crippen LogP contribution in [-0.4, -0.2) is 31.1 Å². The molecule has 0 saturated heterocycles. The molecular formula is C15H13N3O6. The van der Waals surface area contributed by atoms with Crippen molar-refractivity contribution in [3.05, 3.63) is 47.9 Å². The number of benzene rings is 1. The number of rotatable bonds is 4. The smallest absolute Gasteiger partial charge is 0.305 e. The van der Waals surface area contributed by atoms with Crippen LogP contribution in [0.1, 0.15) is 20.9 Å². The van der Waals surface area contributed by atoms with Gasteiger partial charge in [-0.25, -0.2) is 0 Å². The summed E-state index contributed by atoms with van der Waals surface area (Å²) in [6.07, 6.45) is 1.34. The fourth-order valence-electron chi connectivity index (χ4n) is 1.94. The van der Waals surface area contributed by atoms with Gasteiger partial charge in [0.05, 0.1) is 12.8 Å². The predicted octanol–water partition coefficient (Wildman–Crippen LogP) is 0.199. The summed E-state index contributed by atoms with van der Waals surface area (Å²) < 4.78 is 15.2. The lowest BCUT2D eigenvalue weighted by molar-refractivity contribution is -0.120. The average Bonchev–Trinajstić information content (AvgIpc) is 3.27. The molecule has 0 saturated carbocycles. The Morgan fingerprint density at radius 1 is 1.00 bits per heavy atom. The van der Waals surface area contributed by atoms with E-state index in [1.54, 1.807) is 18.2 Å². The highest BCUT2D eigenvalue weighted by atomic mass is 16.7. The number of hydrazine groups is 1. The molecule has 0 spiro atoms. The number of hydrogen-bond acceptors (Lipinski definition) is 6. The number of amides is 3. The number of carbonyl (C=O) groups is 3. The van der Waals surface area contributed by atoms with Crippen molar-refractivity contribution in [2.24, 2.45) is 0 Å². The molecule has 2 aromatic rings. The van der Waals surface area contributed by atoms with Crippen LogP contribution in [-0.2, 0) is 4.79 Å². The molecule has 0 bridgehead atoms. The lowest BCUT2D eigenvalue weighted by atomic mass is 10.2. The van der Waals surface area contributed by atoms with Gasteiger partial charge in [0.25, 0.3) is 11.8 Å². The van der Waals surface area contributed by atoms with Crippen LogP contribution < -0.4 is 25.6 Å². The Morgan fingerprint density at radius 2 is 1.83 bits per heavy atom. The zero-order chi connectivity index (χ0) is 16.9. The standard InChI is InChI=1S/C15H13N3O6/c19-13(17-18-15(21)11-2-1-5-22-11)7-16-14(20)9-3-4-10-12(6-9)24-8-23-10/h1-6H,7-8H2,(H,16,20)(H,17,19)(H,18,21). The third kappa shape index (κ3) is 3.46. The van der Waals surface area contributed by atoms with Crippen molar-refractivity contribution in [1.29, 1.82) is 0 Å². The van der Waals surface area contributed by atoms with Gasteiger partial charge < -0.3 is 19.2 Å². The summed E-state index contributed by atoms with van der Waals surface area (Å²) in [6, 6.07) is 7.68. The first-order valence-electron chi connectivity index (χ1n) is 6.94. The quantitative estimate of drug-likeness (QED) is 0.689. The molecule has 0 radical (unpaired) electrons. The van der Waals surface area contributed by atoms with E-state index in [4.69, 9.17) is 13.9 Å². The first-order valence-corrected chi connectivity index (χ1v) is 6.94. The SMILES string of the molecule is O=C(CNC(=O)c1ccc2c(c1)OCO2)NNC(=O)c1ccco1. The minimum Gasteiger partial charge on any atom is -0.459 e. The molecule has 3 N–H and O–H groups in total. The Bertz CT molecular complexity index is 772. The fraction of sp³-hybridized carbons (Fsp3) is 0.133. The maximum absolute atomic E-state index is 12.0. The van der Waals surface area contributed by atoms with E-state index in [1.165, 1.54) is 18.4 Å². The zero-order valence-corrected chi connectivity index (χ0v) is 12.3. The monoisotopic (exact) mass is 331 g/mol. The van der Waals surface area contributed by atoms with Gasteiger partial charge in [-0.2, -0.15) is 0 Å². The highest BCUT2D eigenvalue weighted by Crippen LogP contribution is 2.32. The van der Waals surface area contributed by atoms with Gasteiger partial charge in [0.1, 0.15) is 0 Å². The molecular weight excluding hydrogens is 318 g/mol. The summed E-state index contributed by atoms with van der Waals surface area (Å²) in [5, 5.41) is 2.43. The molecule has 9 nitrogen and oxygen atoms in total. The highest BCUT2D eigenvalue weighted by Gasteiger charge is 2.16. The van der Waals surface area contributed by atoms with Crippen LogP contribution in [0.5, 0.6) is 11.5 Å². The second-order valence-electron chi connectivity index (χ2n) is 4.73. The summed E-state index contributed by atoms with van der Waals surface area (Å²) in [7, 11) is 0. The number of fused-ring (bicyclic) bond motifs is 1. The Morgan fingerprint density at radius 3 is 2.62 bits per heavy atom. The first-order chi connectivity index (χ1) is 11.6. The normalized spacial score (nSPS) is 11.7. The van der Waals surface area contributed by atoms with E-state index in [1.807, 2.05) is 0 Å². The summed E-state index contributed by atoms with van der Waals surface area (Å²) in [4.78, 5) is 35.2. The first kappa shape index (κ1) is 15.4. The van der Waals surface area contributed by atoms with E-state index in [0.717, 1.165) is 0 Å². The molecule has 3 rings (SSSR count). The highest BCUT2D eigenvalue weighted by molar-refractivity contribution is 5.97. The van der Waals surface area contributed by atoms with Gasteiger partial charge in [-0.05, 0) is 30.3 Å². The van der Waals surface area contributed by atoms with Crippen molar-refractivity contribution in [2.45, 2.75) is 0 Å². The molecule has 124 valence electrons. The van der Waals surface area contributed by atoms with Gasteiger partial charge in [-0.15, -0.1) is 0 Å². The lowest BCUT2D eigenvalue weighted by Gasteiger charge is -2.08. The van der Waals surface area contributed by atoms with Crippen LogP contribution in [0.3, 0.4) is 0 Å². The van der Waals surface area contributed by atoms with E-state index in [2.05, 4.69) is 16.2 Å². The van der Waals surface area contributed by atoms with Crippen LogP contribution in [0.2, 0.25) is 0 Å². The molecule has 0 aliphatic carbocycles. The third-order valence-corrected chi connectivity index (χ3v) is 3.10. The molecule has 1 aliphatic heterocycles. The number of ether oxygens (including phenoxy) is 2. The van der Waals surface area contributed by atoms with E-state index >= 15 is 0 Å². The van der Waals surface area contributed by atoms with Crippen LogP contribution in [0, 0.1) is 0 Å². The summed E-state index contributed by atoms with van der Waals surface area (Å²) in [6.45, 7) is -0.204. The Labute approximate surface area is 135 Å². The summed E-state index contributed by atoms with van der Waals surface area (Å²) >= 11 is 0. The van der Waals surface area contributed by atoms with Crippen molar-refractivity contribution in [2.75, 3.05) is 13.3 Å². The molecule has 9 heteroatoms. The molecule has 1 aromatic carbocycles. The molecule has 1 aromatic heterocycles. The molecule has 24 heavy (non-hydrogen) atoms. The van der Waals surface area contributed by atoms with Gasteiger partial charge in [0.15, 0.2) is 17.3 Å². The Hall–Kier alpha value is -3.49. The van der Waals surface area contributed by atoms with Crippen molar-refractivity contribution in [1.82, 2.24) is 16.2 Å². The lowest BCUT2D eigenvalue weighted by Crippen LogP contribution is -2.46. The molecule has 2 heterocycles. The van der Waals surface area contributed by atoms with Crippen molar-refractivity contribution in [3.63, 3.8) is 0 Å². The van der Waals surface area contributed by atoms with Gasteiger partial charge in [-0.3, -0.25) is 25.2 Å². The Kier molecular flexibility index (Phi) is 4.32. The van der Waals surface area contributed by atoms with E-state index in [9.17, 15) is 14.4 Å². The molecule has 1 aliphatic rings. The predicted molar refractivity (Wildman–Crippen MR) is 79.2 cm³/mol. The average molecular weight is 331 g/mol. The van der Waals surface area contributed by atoms with Crippen LogP contribution >= 0.6 is 0 Å². The van der Waals surface area contributed by atoms with Gasteiger partial charge in [-0.1, -0.05) is 0 Å². The zero-order valence-electron chi connectivity index (χ0n) is 12.3. The Balaban J connectivity index is 1.45. The van der Waals surface area contributed by atoms with Gasteiger partial charge in [0, 0.05) is 5.56 Å². The van der Waals surface area contributed by atoms with Crippen LogP contribution in [0.4, 0.5) is 0 Å². The maximum Gasteiger partial charge on any atom is 0.305 e. The molecule has 0 fully saturated rings. The van der Waals surface area contributed by atoms with Crippen LogP contribution in [0.25, 0.3) is 0 Å². The largest absolute Gasteiger partial charge is 0.459 e. The van der Waals surface area contributed by atoms with E-state index in [0.29, 0.717) is 17.1 Å². The number of furan rings is 1. The van der Waals surface area contributed by atoms with Crippen LogP contribution in [0.15, 0.2) is 41.0 Å².